The molecule has 1 rings (SSSR count). The molecule has 0 spiro atoms. The quantitative estimate of drug-likeness (QED) is 0.727. The second kappa shape index (κ2) is 6.04. The van der Waals surface area contributed by atoms with Crippen LogP contribution in [0.1, 0.15) is 19.8 Å². The standard InChI is InChI=1S/C10H12ClNOS/c1-2-4-8(13)7-14-10-9(11)5-3-6-12-10/h3,5-6H,2,4,7H2,1H3. The third-order valence-electron chi connectivity index (χ3n) is 1.62. The summed E-state index contributed by atoms with van der Waals surface area (Å²) < 4.78 is 0. The maximum Gasteiger partial charge on any atom is 0.143 e. The van der Waals surface area contributed by atoms with Crippen LogP contribution in [0, 0.1) is 0 Å². The summed E-state index contributed by atoms with van der Waals surface area (Å²) in [6.45, 7) is 2.00. The Labute approximate surface area is 93.1 Å². The Balaban J connectivity index is 2.46. The highest BCUT2D eigenvalue weighted by Gasteiger charge is 2.05. The second-order valence-electron chi connectivity index (χ2n) is 2.87. The van der Waals surface area contributed by atoms with Gasteiger partial charge in [0.15, 0.2) is 0 Å². The maximum absolute atomic E-state index is 11.2. The number of carbonyl (C=O) groups is 1. The maximum atomic E-state index is 11.2. The topological polar surface area (TPSA) is 30.0 Å². The van der Waals surface area contributed by atoms with Gasteiger partial charge in [0.2, 0.25) is 0 Å². The third kappa shape index (κ3) is 3.68. The van der Waals surface area contributed by atoms with Gasteiger partial charge in [0, 0.05) is 12.6 Å². The summed E-state index contributed by atoms with van der Waals surface area (Å²) in [6.07, 6.45) is 3.21. The minimum absolute atomic E-state index is 0.249. The van der Waals surface area contributed by atoms with E-state index in [1.165, 1.54) is 11.8 Å². The van der Waals surface area contributed by atoms with Crippen molar-refractivity contribution in [1.82, 2.24) is 4.98 Å². The molecule has 0 aliphatic rings. The van der Waals surface area contributed by atoms with Gasteiger partial charge in [-0.05, 0) is 18.6 Å². The molecular weight excluding hydrogens is 218 g/mol. The minimum Gasteiger partial charge on any atom is -0.299 e. The Morgan fingerprint density at radius 3 is 3.07 bits per heavy atom. The number of pyridine rings is 1. The van der Waals surface area contributed by atoms with Gasteiger partial charge in [-0.3, -0.25) is 4.79 Å². The van der Waals surface area contributed by atoms with Gasteiger partial charge < -0.3 is 0 Å². The van der Waals surface area contributed by atoms with Crippen LogP contribution >= 0.6 is 23.4 Å². The number of hydrogen-bond acceptors (Lipinski definition) is 3. The summed E-state index contributed by atoms with van der Waals surface area (Å²) in [5, 5.41) is 1.35. The number of ketones is 1. The Kier molecular flexibility index (Phi) is 4.98. The zero-order valence-corrected chi connectivity index (χ0v) is 9.57. The summed E-state index contributed by atoms with van der Waals surface area (Å²) >= 11 is 7.29. The molecule has 0 amide bonds. The van der Waals surface area contributed by atoms with Gasteiger partial charge in [-0.15, -0.1) is 0 Å². The molecule has 0 N–H and O–H groups in total. The predicted octanol–water partition coefficient (Wildman–Crippen LogP) is 3.20. The lowest BCUT2D eigenvalue weighted by Crippen LogP contribution is -2.00. The molecular formula is C10H12ClNOS. The molecule has 0 unspecified atom stereocenters. The van der Waals surface area contributed by atoms with Gasteiger partial charge in [0.05, 0.1) is 10.8 Å². The summed E-state index contributed by atoms with van der Waals surface area (Å²) in [5.41, 5.74) is 0. The Bertz CT molecular complexity index is 317. The zero-order chi connectivity index (χ0) is 10.4. The van der Waals surface area contributed by atoms with Crippen LogP contribution in [0.3, 0.4) is 0 Å². The van der Waals surface area contributed by atoms with Crippen molar-refractivity contribution in [3.8, 4) is 0 Å². The molecule has 1 heterocycles. The molecule has 0 fully saturated rings. The van der Waals surface area contributed by atoms with Crippen molar-refractivity contribution < 1.29 is 4.79 Å². The molecule has 0 aliphatic heterocycles. The van der Waals surface area contributed by atoms with Crippen LogP contribution in [0.2, 0.25) is 5.02 Å². The first-order chi connectivity index (χ1) is 6.74. The van der Waals surface area contributed by atoms with Gasteiger partial charge in [0.25, 0.3) is 0 Å². The molecule has 0 saturated carbocycles. The fourth-order valence-corrected chi connectivity index (χ4v) is 2.05. The van der Waals surface area contributed by atoms with E-state index < -0.39 is 0 Å². The smallest absolute Gasteiger partial charge is 0.143 e. The van der Waals surface area contributed by atoms with E-state index in [0.717, 1.165) is 11.4 Å². The first-order valence-electron chi connectivity index (χ1n) is 4.49. The summed E-state index contributed by atoms with van der Waals surface area (Å²) in [6, 6.07) is 3.56. The molecule has 0 saturated heterocycles. The highest BCUT2D eigenvalue weighted by molar-refractivity contribution is 8.00. The van der Waals surface area contributed by atoms with Gasteiger partial charge in [-0.1, -0.05) is 30.3 Å². The Hall–Kier alpha value is -0.540. The van der Waals surface area contributed by atoms with E-state index in [4.69, 9.17) is 11.6 Å². The van der Waals surface area contributed by atoms with Crippen LogP contribution in [0.15, 0.2) is 23.4 Å². The van der Waals surface area contributed by atoms with E-state index in [1.54, 1.807) is 18.3 Å². The van der Waals surface area contributed by atoms with Crippen LogP contribution in [-0.2, 0) is 4.79 Å². The van der Waals surface area contributed by atoms with E-state index in [0.29, 0.717) is 17.2 Å². The summed E-state index contributed by atoms with van der Waals surface area (Å²) in [5.74, 6) is 0.712. The van der Waals surface area contributed by atoms with Crippen molar-refractivity contribution >= 4 is 29.1 Å². The van der Waals surface area contributed by atoms with Crippen molar-refractivity contribution in [2.24, 2.45) is 0 Å². The molecule has 0 atom stereocenters. The largest absolute Gasteiger partial charge is 0.299 e. The van der Waals surface area contributed by atoms with Crippen LogP contribution in [0.4, 0.5) is 0 Å². The predicted molar refractivity (Wildman–Crippen MR) is 59.9 cm³/mol. The van der Waals surface area contributed by atoms with Crippen molar-refractivity contribution in [3.05, 3.63) is 23.4 Å². The zero-order valence-electron chi connectivity index (χ0n) is 8.00. The summed E-state index contributed by atoms with van der Waals surface area (Å²) in [4.78, 5) is 15.3. The molecule has 4 heteroatoms. The number of carbonyl (C=O) groups excluding carboxylic acids is 1. The van der Waals surface area contributed by atoms with Crippen molar-refractivity contribution in [3.63, 3.8) is 0 Å². The lowest BCUT2D eigenvalue weighted by Gasteiger charge is -2.01. The highest BCUT2D eigenvalue weighted by Crippen LogP contribution is 2.24. The first-order valence-corrected chi connectivity index (χ1v) is 5.85. The van der Waals surface area contributed by atoms with Gasteiger partial charge >= 0.3 is 0 Å². The van der Waals surface area contributed by atoms with E-state index >= 15 is 0 Å². The average molecular weight is 230 g/mol. The van der Waals surface area contributed by atoms with Crippen LogP contribution in [0.25, 0.3) is 0 Å². The second-order valence-corrected chi connectivity index (χ2v) is 4.24. The fourth-order valence-electron chi connectivity index (χ4n) is 0.977. The molecule has 1 aromatic rings. The van der Waals surface area contributed by atoms with Crippen molar-refractivity contribution in [2.75, 3.05) is 5.75 Å². The number of hydrogen-bond donors (Lipinski definition) is 0. The normalized spacial score (nSPS) is 10.1. The lowest BCUT2D eigenvalue weighted by molar-refractivity contribution is -0.116. The molecule has 0 aliphatic carbocycles. The van der Waals surface area contributed by atoms with E-state index in [2.05, 4.69) is 4.98 Å². The summed E-state index contributed by atoms with van der Waals surface area (Å²) in [7, 11) is 0. The minimum atomic E-state index is 0.249. The van der Waals surface area contributed by atoms with Crippen LogP contribution < -0.4 is 0 Å². The average Bonchev–Trinajstić information content (AvgIpc) is 2.17. The molecule has 0 aromatic carbocycles. The van der Waals surface area contributed by atoms with Gasteiger partial charge in [-0.25, -0.2) is 4.98 Å². The van der Waals surface area contributed by atoms with Crippen LogP contribution in [-0.4, -0.2) is 16.5 Å². The van der Waals surface area contributed by atoms with E-state index in [-0.39, 0.29) is 5.78 Å². The third-order valence-corrected chi connectivity index (χ3v) is 3.11. The number of aromatic nitrogens is 1. The Morgan fingerprint density at radius 1 is 1.64 bits per heavy atom. The SMILES string of the molecule is CCCC(=O)CSc1ncccc1Cl. The highest BCUT2D eigenvalue weighted by atomic mass is 35.5. The number of rotatable bonds is 5. The Morgan fingerprint density at radius 2 is 2.43 bits per heavy atom. The molecule has 76 valence electrons. The van der Waals surface area contributed by atoms with E-state index in [1.807, 2.05) is 6.92 Å². The fraction of sp³-hybridized carbons (Fsp3) is 0.400. The molecule has 14 heavy (non-hydrogen) atoms. The lowest BCUT2D eigenvalue weighted by atomic mass is 10.3. The number of thioether (sulfide) groups is 1. The monoisotopic (exact) mass is 229 g/mol. The molecule has 0 radical (unpaired) electrons. The van der Waals surface area contributed by atoms with Gasteiger partial charge in [-0.2, -0.15) is 0 Å². The molecule has 2 nitrogen and oxygen atoms in total. The number of halogens is 1. The van der Waals surface area contributed by atoms with E-state index in [9.17, 15) is 4.79 Å². The molecule has 0 bridgehead atoms. The first kappa shape index (κ1) is 11.5. The van der Waals surface area contributed by atoms with Crippen molar-refractivity contribution in [2.45, 2.75) is 24.8 Å². The molecule has 1 aromatic heterocycles. The van der Waals surface area contributed by atoms with Crippen LogP contribution in [0.5, 0.6) is 0 Å². The van der Waals surface area contributed by atoms with Crippen molar-refractivity contribution in [1.29, 1.82) is 0 Å². The number of Topliss-reactive ketones (excluding diaryl/α,β-unsaturated/α-hetero) is 1. The number of nitrogens with zero attached hydrogens (tertiary/aromatic N) is 1. The van der Waals surface area contributed by atoms with Gasteiger partial charge in [0.1, 0.15) is 10.8 Å².